The molecule has 2 nitrogen and oxygen atoms in total. The van der Waals surface area contributed by atoms with Crippen LogP contribution in [0.25, 0.3) is 0 Å². The monoisotopic (exact) mass is 176 g/mol. The molecule has 0 aliphatic carbocycles. The number of carbonyl (C=O) groups excluding carboxylic acids is 1. The third-order valence-corrected chi connectivity index (χ3v) is 3.22. The first-order valence-electron chi connectivity index (χ1n) is 3.86. The van der Waals surface area contributed by atoms with Crippen molar-refractivity contribution in [1.82, 2.24) is 0 Å². The number of rotatable bonds is 5. The molecule has 1 unspecified atom stereocenters. The van der Waals surface area contributed by atoms with Gasteiger partial charge in [0.05, 0.1) is 18.5 Å². The Balaban J connectivity index is 3.80. The van der Waals surface area contributed by atoms with Gasteiger partial charge in [0, 0.05) is 6.42 Å². The van der Waals surface area contributed by atoms with Gasteiger partial charge in [-0.25, -0.2) is 0 Å². The van der Waals surface area contributed by atoms with Crippen molar-refractivity contribution in [2.45, 2.75) is 31.4 Å². The van der Waals surface area contributed by atoms with Crippen molar-refractivity contribution >= 4 is 16.9 Å². The van der Waals surface area contributed by atoms with E-state index in [9.17, 15) is 9.90 Å². The van der Waals surface area contributed by atoms with Crippen molar-refractivity contribution in [1.29, 1.82) is 0 Å². The average molecular weight is 176 g/mol. The Morgan fingerprint density at radius 3 is 2.36 bits per heavy atom. The molecule has 0 spiro atoms. The van der Waals surface area contributed by atoms with Gasteiger partial charge in [-0.1, -0.05) is 13.3 Å². The van der Waals surface area contributed by atoms with E-state index in [4.69, 9.17) is 0 Å². The lowest BCUT2D eigenvalue weighted by molar-refractivity contribution is -0.305. The van der Waals surface area contributed by atoms with Crippen LogP contribution in [0.3, 0.4) is 0 Å². The maximum atomic E-state index is 10.5. The van der Waals surface area contributed by atoms with E-state index in [-0.39, 0.29) is 16.1 Å². The second-order valence-electron chi connectivity index (χ2n) is 2.83. The summed E-state index contributed by atoms with van der Waals surface area (Å²) in [6, 6.07) is 0. The third kappa shape index (κ3) is 4.30. The molecule has 3 heteroatoms. The van der Waals surface area contributed by atoms with Crippen LogP contribution in [0, 0.1) is 0 Å². The van der Waals surface area contributed by atoms with Crippen LogP contribution in [0.1, 0.15) is 26.2 Å². The molecule has 0 radical (unpaired) electrons. The molecule has 0 aromatic carbocycles. The molecule has 11 heavy (non-hydrogen) atoms. The molecule has 0 heterocycles. The summed E-state index contributed by atoms with van der Waals surface area (Å²) in [6.07, 6.45) is 6.73. The van der Waals surface area contributed by atoms with Crippen molar-refractivity contribution in [3.63, 3.8) is 0 Å². The molecule has 0 amide bonds. The fraction of sp³-hybridized carbons (Fsp3) is 0.875. The van der Waals surface area contributed by atoms with Crippen LogP contribution in [-0.2, 0) is 15.7 Å². The van der Waals surface area contributed by atoms with E-state index in [0.29, 0.717) is 0 Å². The SMILES string of the molecule is CCCCC(C(=O)[O-])[S+](C)C. The highest BCUT2D eigenvalue weighted by molar-refractivity contribution is 7.96. The molecular formula is C8H16O2S. The van der Waals surface area contributed by atoms with E-state index < -0.39 is 5.97 Å². The maximum Gasteiger partial charge on any atom is 0.156 e. The summed E-state index contributed by atoms with van der Waals surface area (Å²) < 4.78 is 0. The summed E-state index contributed by atoms with van der Waals surface area (Å²) in [7, 11) is -0.0470. The van der Waals surface area contributed by atoms with Gasteiger partial charge in [-0.05, 0) is 17.3 Å². The van der Waals surface area contributed by atoms with E-state index in [1.807, 2.05) is 12.5 Å². The Hall–Kier alpha value is -0.180. The molecule has 0 fully saturated rings. The second kappa shape index (κ2) is 5.47. The first kappa shape index (κ1) is 10.8. The highest BCUT2D eigenvalue weighted by Gasteiger charge is 2.21. The Labute approximate surface area is 71.3 Å². The number of carboxylic acids is 1. The molecule has 0 bridgehead atoms. The standard InChI is InChI=1S/C8H16O2S/c1-4-5-6-7(8(9)10)11(2)3/h7H,4-6H2,1-3H3. The van der Waals surface area contributed by atoms with E-state index in [2.05, 4.69) is 6.92 Å². The van der Waals surface area contributed by atoms with Crippen molar-refractivity contribution < 1.29 is 9.90 Å². The molecule has 0 aliphatic rings. The quantitative estimate of drug-likeness (QED) is 0.560. The number of hydrogen-bond acceptors (Lipinski definition) is 2. The molecule has 0 rings (SSSR count). The lowest BCUT2D eigenvalue weighted by Gasteiger charge is -2.13. The largest absolute Gasteiger partial charge is 0.545 e. The van der Waals surface area contributed by atoms with Crippen LogP contribution in [0.4, 0.5) is 0 Å². The molecule has 0 saturated carbocycles. The number of aliphatic carboxylic acids is 1. The summed E-state index contributed by atoms with van der Waals surface area (Å²) in [5, 5.41) is 10.3. The Morgan fingerprint density at radius 2 is 2.09 bits per heavy atom. The highest BCUT2D eigenvalue weighted by atomic mass is 32.2. The van der Waals surface area contributed by atoms with Crippen molar-refractivity contribution in [2.24, 2.45) is 0 Å². The van der Waals surface area contributed by atoms with Gasteiger partial charge in [0.15, 0.2) is 5.25 Å². The van der Waals surface area contributed by atoms with Gasteiger partial charge in [-0.15, -0.1) is 0 Å². The molecule has 0 N–H and O–H groups in total. The summed E-state index contributed by atoms with van der Waals surface area (Å²) in [5.41, 5.74) is 0. The van der Waals surface area contributed by atoms with Crippen LogP contribution in [0.5, 0.6) is 0 Å². The number of carbonyl (C=O) groups is 1. The molecule has 1 atom stereocenters. The molecule has 0 aromatic rings. The van der Waals surface area contributed by atoms with Crippen molar-refractivity contribution in [3.8, 4) is 0 Å². The maximum absolute atomic E-state index is 10.5. The Kier molecular flexibility index (Phi) is 5.38. The van der Waals surface area contributed by atoms with Crippen LogP contribution in [0.15, 0.2) is 0 Å². The summed E-state index contributed by atoms with van der Waals surface area (Å²) in [4.78, 5) is 10.5. The Morgan fingerprint density at radius 1 is 1.55 bits per heavy atom. The lowest BCUT2D eigenvalue weighted by atomic mass is 10.2. The van der Waals surface area contributed by atoms with Gasteiger partial charge in [0.25, 0.3) is 0 Å². The fourth-order valence-corrected chi connectivity index (χ4v) is 1.96. The zero-order valence-corrected chi connectivity index (χ0v) is 8.24. The minimum atomic E-state index is -0.883. The van der Waals surface area contributed by atoms with Gasteiger partial charge in [0.1, 0.15) is 0 Å². The van der Waals surface area contributed by atoms with E-state index in [1.165, 1.54) is 0 Å². The van der Waals surface area contributed by atoms with Crippen molar-refractivity contribution in [3.05, 3.63) is 0 Å². The van der Waals surface area contributed by atoms with Gasteiger partial charge in [-0.3, -0.25) is 0 Å². The summed E-state index contributed by atoms with van der Waals surface area (Å²) in [6.45, 7) is 2.07. The molecule has 0 aromatic heterocycles. The normalized spacial score (nSPS) is 13.5. The topological polar surface area (TPSA) is 40.1 Å². The minimum absolute atomic E-state index is 0.0470. The zero-order valence-electron chi connectivity index (χ0n) is 7.42. The van der Waals surface area contributed by atoms with Gasteiger partial charge in [0.2, 0.25) is 0 Å². The van der Waals surface area contributed by atoms with Gasteiger partial charge >= 0.3 is 0 Å². The van der Waals surface area contributed by atoms with E-state index >= 15 is 0 Å². The molecule has 0 aliphatic heterocycles. The number of unbranched alkanes of at least 4 members (excludes halogenated alkanes) is 1. The van der Waals surface area contributed by atoms with E-state index in [0.717, 1.165) is 19.3 Å². The summed E-state index contributed by atoms with van der Waals surface area (Å²) >= 11 is 0. The number of hydrogen-bond donors (Lipinski definition) is 0. The third-order valence-electron chi connectivity index (χ3n) is 1.65. The Bertz CT molecular complexity index is 123. The molecular weight excluding hydrogens is 160 g/mol. The second-order valence-corrected chi connectivity index (χ2v) is 5.16. The lowest BCUT2D eigenvalue weighted by Crippen LogP contribution is -2.40. The van der Waals surface area contributed by atoms with E-state index in [1.54, 1.807) is 0 Å². The van der Waals surface area contributed by atoms with Crippen LogP contribution >= 0.6 is 0 Å². The first-order valence-corrected chi connectivity index (χ1v) is 5.97. The van der Waals surface area contributed by atoms with Gasteiger partial charge < -0.3 is 9.90 Å². The van der Waals surface area contributed by atoms with Crippen LogP contribution in [0.2, 0.25) is 0 Å². The smallest absolute Gasteiger partial charge is 0.156 e. The predicted molar refractivity (Wildman–Crippen MR) is 47.5 cm³/mol. The van der Waals surface area contributed by atoms with Crippen LogP contribution < -0.4 is 5.11 Å². The van der Waals surface area contributed by atoms with Gasteiger partial charge in [-0.2, -0.15) is 0 Å². The zero-order chi connectivity index (χ0) is 8.85. The minimum Gasteiger partial charge on any atom is -0.545 e. The highest BCUT2D eigenvalue weighted by Crippen LogP contribution is 2.08. The van der Waals surface area contributed by atoms with Crippen LogP contribution in [-0.4, -0.2) is 23.7 Å². The fourth-order valence-electron chi connectivity index (χ4n) is 0.936. The average Bonchev–Trinajstić information content (AvgIpc) is 1.87. The molecule has 0 saturated heterocycles. The predicted octanol–water partition coefficient (Wildman–Crippen LogP) is 0.173. The first-order chi connectivity index (χ1) is 5.09. The summed E-state index contributed by atoms with van der Waals surface area (Å²) in [5.74, 6) is -0.883. The van der Waals surface area contributed by atoms with Crippen molar-refractivity contribution in [2.75, 3.05) is 12.5 Å². The molecule has 66 valence electrons. The number of carboxylic acid groups (broad SMARTS) is 1.